The molecule has 0 fully saturated rings. The molecule has 6 heteroatoms. The molecule has 114 valence electrons. The number of hydrogen-bond acceptors (Lipinski definition) is 4. The zero-order chi connectivity index (χ0) is 15.8. The van der Waals surface area contributed by atoms with Gasteiger partial charge in [0.1, 0.15) is 0 Å². The van der Waals surface area contributed by atoms with Gasteiger partial charge < -0.3 is 10.1 Å². The highest BCUT2D eigenvalue weighted by atomic mass is 79.9. The van der Waals surface area contributed by atoms with Crippen molar-refractivity contribution in [3.05, 3.63) is 59.1 Å². The number of esters is 1. The fourth-order valence-corrected chi connectivity index (χ4v) is 2.56. The quantitative estimate of drug-likeness (QED) is 0.613. The van der Waals surface area contributed by atoms with Crippen LogP contribution in [0.1, 0.15) is 0 Å². The maximum absolute atomic E-state index is 11.7. The minimum atomic E-state index is -0.417. The molecule has 2 rings (SSSR count). The summed E-state index contributed by atoms with van der Waals surface area (Å²) >= 11 is 4.69. The number of carbonyl (C=O) groups is 2. The minimum Gasteiger partial charge on any atom is -0.455 e. The molecule has 0 saturated carbocycles. The molecule has 0 heterocycles. The monoisotopic (exact) mass is 379 g/mol. The summed E-state index contributed by atoms with van der Waals surface area (Å²) in [6.07, 6.45) is 0. The maximum atomic E-state index is 11.7. The van der Waals surface area contributed by atoms with Crippen molar-refractivity contribution in [2.75, 3.05) is 17.7 Å². The van der Waals surface area contributed by atoms with Crippen molar-refractivity contribution in [1.82, 2.24) is 0 Å². The molecule has 1 N–H and O–H groups in total. The number of rotatable bonds is 6. The van der Waals surface area contributed by atoms with Gasteiger partial charge in [0.25, 0.3) is 5.91 Å². The average molecular weight is 380 g/mol. The molecule has 0 saturated heterocycles. The van der Waals surface area contributed by atoms with Gasteiger partial charge in [0.15, 0.2) is 6.61 Å². The Bertz CT molecular complexity index is 632. The average Bonchev–Trinajstić information content (AvgIpc) is 2.54. The molecule has 4 nitrogen and oxygen atoms in total. The highest BCUT2D eigenvalue weighted by Gasteiger charge is 2.08. The highest BCUT2D eigenvalue weighted by molar-refractivity contribution is 9.10. The Hall–Kier alpha value is -1.79. The summed E-state index contributed by atoms with van der Waals surface area (Å²) in [5.74, 6) is -0.601. The first-order valence-electron chi connectivity index (χ1n) is 6.52. The van der Waals surface area contributed by atoms with Gasteiger partial charge in [0.2, 0.25) is 0 Å². The van der Waals surface area contributed by atoms with E-state index in [0.717, 1.165) is 9.37 Å². The predicted octanol–water partition coefficient (Wildman–Crippen LogP) is 3.72. The van der Waals surface area contributed by atoms with Crippen LogP contribution in [0.4, 0.5) is 5.69 Å². The van der Waals surface area contributed by atoms with E-state index in [1.807, 2.05) is 42.5 Å². The van der Waals surface area contributed by atoms with Crippen LogP contribution in [-0.2, 0) is 14.3 Å². The van der Waals surface area contributed by atoms with Gasteiger partial charge in [-0.3, -0.25) is 9.59 Å². The first-order valence-corrected chi connectivity index (χ1v) is 8.30. The first-order chi connectivity index (χ1) is 10.6. The van der Waals surface area contributed by atoms with Crippen molar-refractivity contribution < 1.29 is 14.3 Å². The van der Waals surface area contributed by atoms with Crippen molar-refractivity contribution in [2.24, 2.45) is 0 Å². The molecule has 0 atom stereocenters. The van der Waals surface area contributed by atoms with Crippen LogP contribution in [0.5, 0.6) is 0 Å². The minimum absolute atomic E-state index is 0.176. The summed E-state index contributed by atoms with van der Waals surface area (Å²) < 4.78 is 5.87. The highest BCUT2D eigenvalue weighted by Crippen LogP contribution is 2.17. The largest absolute Gasteiger partial charge is 0.455 e. The number of carbonyl (C=O) groups excluding carboxylic acids is 2. The third-order valence-corrected chi connectivity index (χ3v) is 4.11. The molecule has 1 amide bonds. The van der Waals surface area contributed by atoms with Crippen molar-refractivity contribution in [3.8, 4) is 0 Å². The molecule has 0 spiro atoms. The van der Waals surface area contributed by atoms with Gasteiger partial charge in [-0.05, 0) is 36.4 Å². The Morgan fingerprint density at radius 1 is 1.05 bits per heavy atom. The second-order valence-corrected chi connectivity index (χ2v) is 6.28. The Balaban J connectivity index is 1.69. The van der Waals surface area contributed by atoms with Crippen molar-refractivity contribution in [1.29, 1.82) is 0 Å². The van der Waals surface area contributed by atoms with E-state index in [9.17, 15) is 9.59 Å². The number of hydrogen-bond donors (Lipinski definition) is 1. The van der Waals surface area contributed by atoms with Crippen molar-refractivity contribution in [2.45, 2.75) is 4.90 Å². The van der Waals surface area contributed by atoms with Crippen LogP contribution in [-0.4, -0.2) is 24.2 Å². The van der Waals surface area contributed by atoms with E-state index in [1.165, 1.54) is 11.8 Å². The van der Waals surface area contributed by atoms with E-state index < -0.39 is 5.97 Å². The van der Waals surface area contributed by atoms with E-state index >= 15 is 0 Å². The topological polar surface area (TPSA) is 55.4 Å². The summed E-state index contributed by atoms with van der Waals surface area (Å²) in [7, 11) is 0. The third kappa shape index (κ3) is 5.91. The van der Waals surface area contributed by atoms with Gasteiger partial charge in [-0.25, -0.2) is 0 Å². The molecule has 2 aromatic carbocycles. The molecule has 0 aliphatic rings. The van der Waals surface area contributed by atoms with E-state index in [0.29, 0.717) is 5.69 Å². The molecule has 0 aliphatic heterocycles. The van der Waals surface area contributed by atoms with Crippen LogP contribution in [0, 0.1) is 0 Å². The normalized spacial score (nSPS) is 10.0. The van der Waals surface area contributed by atoms with Crippen LogP contribution >= 0.6 is 27.7 Å². The zero-order valence-corrected chi connectivity index (χ0v) is 14.0. The molecular weight excluding hydrogens is 366 g/mol. The fraction of sp³-hybridized carbons (Fsp3) is 0.125. The smallest absolute Gasteiger partial charge is 0.316 e. The molecule has 0 unspecified atom stereocenters. The third-order valence-electron chi connectivity index (χ3n) is 2.59. The number of benzene rings is 2. The number of amides is 1. The lowest BCUT2D eigenvalue weighted by atomic mass is 10.3. The molecule has 0 radical (unpaired) electrons. The number of nitrogens with one attached hydrogen (secondary N) is 1. The number of anilines is 1. The SMILES string of the molecule is O=C(COC(=O)CSc1ccccc1)Nc1ccc(Br)cc1. The predicted molar refractivity (Wildman–Crippen MR) is 90.9 cm³/mol. The molecule has 2 aromatic rings. The van der Waals surface area contributed by atoms with E-state index in [-0.39, 0.29) is 18.3 Å². The summed E-state index contributed by atoms with van der Waals surface area (Å²) in [5.41, 5.74) is 0.655. The summed E-state index contributed by atoms with van der Waals surface area (Å²) in [4.78, 5) is 24.2. The summed E-state index contributed by atoms with van der Waals surface area (Å²) in [6, 6.07) is 16.7. The molecule has 0 aromatic heterocycles. The maximum Gasteiger partial charge on any atom is 0.316 e. The van der Waals surface area contributed by atoms with Gasteiger partial charge in [-0.15, -0.1) is 11.8 Å². The van der Waals surface area contributed by atoms with Gasteiger partial charge >= 0.3 is 5.97 Å². The van der Waals surface area contributed by atoms with E-state index in [4.69, 9.17) is 4.74 Å². The Morgan fingerprint density at radius 2 is 1.73 bits per heavy atom. The van der Waals surface area contributed by atoms with Crippen LogP contribution in [0.15, 0.2) is 64.0 Å². The van der Waals surface area contributed by atoms with Crippen LogP contribution in [0.2, 0.25) is 0 Å². The lowest BCUT2D eigenvalue weighted by molar-refractivity contribution is -0.144. The lowest BCUT2D eigenvalue weighted by Gasteiger charge is -2.06. The van der Waals surface area contributed by atoms with Crippen LogP contribution in [0.25, 0.3) is 0 Å². The molecule has 0 bridgehead atoms. The number of ether oxygens (including phenoxy) is 1. The zero-order valence-electron chi connectivity index (χ0n) is 11.6. The van der Waals surface area contributed by atoms with Crippen molar-refractivity contribution in [3.63, 3.8) is 0 Å². The Labute approximate surface area is 141 Å². The standard InChI is InChI=1S/C16H14BrNO3S/c17-12-6-8-13(9-7-12)18-15(19)10-21-16(20)11-22-14-4-2-1-3-5-14/h1-9H,10-11H2,(H,18,19). The number of halogens is 1. The van der Waals surface area contributed by atoms with Gasteiger partial charge in [-0.2, -0.15) is 0 Å². The summed E-state index contributed by atoms with van der Waals surface area (Å²) in [5, 5.41) is 2.65. The van der Waals surface area contributed by atoms with Gasteiger partial charge in [0.05, 0.1) is 5.75 Å². The van der Waals surface area contributed by atoms with Crippen LogP contribution < -0.4 is 5.32 Å². The van der Waals surface area contributed by atoms with Gasteiger partial charge in [0, 0.05) is 15.1 Å². The van der Waals surface area contributed by atoms with Crippen molar-refractivity contribution >= 4 is 45.3 Å². The van der Waals surface area contributed by atoms with E-state index in [1.54, 1.807) is 12.1 Å². The fourth-order valence-electron chi connectivity index (χ4n) is 1.58. The second-order valence-electron chi connectivity index (χ2n) is 4.32. The molecule has 0 aliphatic carbocycles. The summed E-state index contributed by atoms with van der Waals surface area (Å²) in [6.45, 7) is -0.287. The van der Waals surface area contributed by atoms with Gasteiger partial charge in [-0.1, -0.05) is 34.1 Å². The first kappa shape index (κ1) is 16.6. The van der Waals surface area contributed by atoms with Crippen LogP contribution in [0.3, 0.4) is 0 Å². The number of thioether (sulfide) groups is 1. The van der Waals surface area contributed by atoms with E-state index in [2.05, 4.69) is 21.2 Å². The second kappa shape index (κ2) is 8.60. The molecule has 22 heavy (non-hydrogen) atoms. The Kier molecular flexibility index (Phi) is 6.48. The Morgan fingerprint density at radius 3 is 2.41 bits per heavy atom. The lowest BCUT2D eigenvalue weighted by Crippen LogP contribution is -2.21. The molecular formula is C16H14BrNO3S.